The number of nitrogens with one attached hydrogen (secondary N) is 2. The number of hydrogen-bond donors (Lipinski definition) is 2. The predicted molar refractivity (Wildman–Crippen MR) is 61.7 cm³/mol. The summed E-state index contributed by atoms with van der Waals surface area (Å²) < 4.78 is 4.98. The van der Waals surface area contributed by atoms with Crippen LogP contribution in [0.25, 0.3) is 0 Å². The van der Waals surface area contributed by atoms with Crippen molar-refractivity contribution in [2.75, 3.05) is 19.7 Å². The van der Waals surface area contributed by atoms with Crippen LogP contribution in [-0.2, 0) is 4.74 Å². The molecular formula is C11H18N4O2. The number of aromatic amines is 1. The molecule has 1 aliphatic rings. The number of esters is 1. The topological polar surface area (TPSA) is 79.9 Å². The molecular weight excluding hydrogens is 220 g/mol. The van der Waals surface area contributed by atoms with Crippen molar-refractivity contribution in [3.63, 3.8) is 0 Å². The van der Waals surface area contributed by atoms with Gasteiger partial charge in [-0.25, -0.2) is 4.79 Å². The number of carbonyl (C=O) groups is 1. The molecule has 1 aliphatic heterocycles. The highest BCUT2D eigenvalue weighted by atomic mass is 16.5. The summed E-state index contributed by atoms with van der Waals surface area (Å²) >= 11 is 0. The minimum Gasteiger partial charge on any atom is -0.461 e. The van der Waals surface area contributed by atoms with Crippen LogP contribution < -0.4 is 5.32 Å². The first kappa shape index (κ1) is 12.0. The third-order valence-electron chi connectivity index (χ3n) is 3.18. The molecule has 1 aromatic heterocycles. The summed E-state index contributed by atoms with van der Waals surface area (Å²) in [6, 6.07) is 0. The van der Waals surface area contributed by atoms with Crippen LogP contribution >= 0.6 is 0 Å². The SMILES string of the molecule is CCOC(=O)c1n[nH]nc1C1CCNCC1C. The third kappa shape index (κ3) is 2.46. The largest absolute Gasteiger partial charge is 0.461 e. The Morgan fingerprint density at radius 3 is 3.06 bits per heavy atom. The Morgan fingerprint density at radius 2 is 2.35 bits per heavy atom. The van der Waals surface area contributed by atoms with Gasteiger partial charge in [-0.1, -0.05) is 6.92 Å². The molecule has 17 heavy (non-hydrogen) atoms. The Labute approximate surface area is 100 Å². The van der Waals surface area contributed by atoms with Crippen LogP contribution in [0.3, 0.4) is 0 Å². The van der Waals surface area contributed by atoms with Crippen LogP contribution in [0.1, 0.15) is 42.4 Å². The van der Waals surface area contributed by atoms with Gasteiger partial charge >= 0.3 is 5.97 Å². The Kier molecular flexibility index (Phi) is 3.73. The van der Waals surface area contributed by atoms with Crippen LogP contribution in [0.15, 0.2) is 0 Å². The summed E-state index contributed by atoms with van der Waals surface area (Å²) in [5.74, 6) is 0.332. The highest BCUT2D eigenvalue weighted by Gasteiger charge is 2.30. The Morgan fingerprint density at radius 1 is 1.53 bits per heavy atom. The average Bonchev–Trinajstić information content (AvgIpc) is 2.79. The van der Waals surface area contributed by atoms with E-state index in [1.165, 1.54) is 0 Å². The first-order chi connectivity index (χ1) is 8.24. The van der Waals surface area contributed by atoms with Gasteiger partial charge in [0.1, 0.15) is 5.69 Å². The van der Waals surface area contributed by atoms with Gasteiger partial charge in [0.15, 0.2) is 5.69 Å². The lowest BCUT2D eigenvalue weighted by Gasteiger charge is -2.28. The fourth-order valence-corrected chi connectivity index (χ4v) is 2.27. The number of carbonyl (C=O) groups excluding carboxylic acids is 1. The van der Waals surface area contributed by atoms with E-state index in [0.717, 1.165) is 25.2 Å². The minimum absolute atomic E-state index is 0.273. The fourth-order valence-electron chi connectivity index (χ4n) is 2.27. The highest BCUT2D eigenvalue weighted by Crippen LogP contribution is 2.30. The molecule has 0 aromatic carbocycles. The van der Waals surface area contributed by atoms with E-state index in [9.17, 15) is 4.79 Å². The van der Waals surface area contributed by atoms with Gasteiger partial charge < -0.3 is 10.1 Å². The van der Waals surface area contributed by atoms with E-state index in [-0.39, 0.29) is 11.9 Å². The van der Waals surface area contributed by atoms with E-state index in [4.69, 9.17) is 4.74 Å². The molecule has 1 fully saturated rings. The maximum absolute atomic E-state index is 11.7. The smallest absolute Gasteiger partial charge is 0.360 e. The molecule has 0 aliphatic carbocycles. The second kappa shape index (κ2) is 5.27. The lowest BCUT2D eigenvalue weighted by molar-refractivity contribution is 0.0516. The number of hydrogen-bond acceptors (Lipinski definition) is 5. The molecule has 2 unspecified atom stereocenters. The highest BCUT2D eigenvalue weighted by molar-refractivity contribution is 5.88. The number of aromatic nitrogens is 3. The quantitative estimate of drug-likeness (QED) is 0.757. The van der Waals surface area contributed by atoms with Crippen molar-refractivity contribution in [3.05, 3.63) is 11.4 Å². The molecule has 1 aromatic rings. The zero-order valence-corrected chi connectivity index (χ0v) is 10.2. The lowest BCUT2D eigenvalue weighted by atomic mass is 9.84. The zero-order valence-electron chi connectivity index (χ0n) is 10.2. The maximum Gasteiger partial charge on any atom is 0.360 e. The van der Waals surface area contributed by atoms with Crippen molar-refractivity contribution < 1.29 is 9.53 Å². The summed E-state index contributed by atoms with van der Waals surface area (Å²) in [5.41, 5.74) is 1.09. The van der Waals surface area contributed by atoms with Crippen LogP contribution in [-0.4, -0.2) is 41.1 Å². The fraction of sp³-hybridized carbons (Fsp3) is 0.727. The number of H-pyrrole nitrogens is 1. The molecule has 2 N–H and O–H groups in total. The van der Waals surface area contributed by atoms with Gasteiger partial charge in [-0.05, 0) is 32.4 Å². The predicted octanol–water partition coefficient (Wildman–Crippen LogP) is 0.694. The number of rotatable bonds is 3. The van der Waals surface area contributed by atoms with Crippen LogP contribution in [0.2, 0.25) is 0 Å². The molecule has 0 amide bonds. The van der Waals surface area contributed by atoms with E-state index >= 15 is 0 Å². The molecule has 0 radical (unpaired) electrons. The van der Waals surface area contributed by atoms with E-state index < -0.39 is 0 Å². The third-order valence-corrected chi connectivity index (χ3v) is 3.18. The summed E-state index contributed by atoms with van der Waals surface area (Å²) in [6.07, 6.45) is 0.972. The molecule has 6 heteroatoms. The van der Waals surface area contributed by atoms with Crippen LogP contribution in [0.4, 0.5) is 0 Å². The van der Waals surface area contributed by atoms with E-state index in [2.05, 4.69) is 27.7 Å². The van der Waals surface area contributed by atoms with Crippen molar-refractivity contribution in [1.82, 2.24) is 20.7 Å². The number of piperidine rings is 1. The molecule has 0 spiro atoms. The Balaban J connectivity index is 2.20. The summed E-state index contributed by atoms with van der Waals surface area (Å²) in [6.45, 7) is 6.18. The summed E-state index contributed by atoms with van der Waals surface area (Å²) in [5, 5.41) is 13.9. The van der Waals surface area contributed by atoms with Gasteiger partial charge in [0.05, 0.1) is 6.61 Å². The zero-order chi connectivity index (χ0) is 12.3. The van der Waals surface area contributed by atoms with E-state index in [1.807, 2.05) is 0 Å². The van der Waals surface area contributed by atoms with E-state index in [1.54, 1.807) is 6.92 Å². The molecule has 2 atom stereocenters. The minimum atomic E-state index is -0.387. The van der Waals surface area contributed by atoms with Crippen molar-refractivity contribution >= 4 is 5.97 Å². The Bertz CT molecular complexity index is 391. The molecule has 0 saturated carbocycles. The summed E-state index contributed by atoms with van der Waals surface area (Å²) in [4.78, 5) is 11.7. The van der Waals surface area contributed by atoms with Gasteiger partial charge in [-0.3, -0.25) is 0 Å². The first-order valence-electron chi connectivity index (χ1n) is 6.02. The second-order valence-corrected chi connectivity index (χ2v) is 4.35. The van der Waals surface area contributed by atoms with Crippen molar-refractivity contribution in [2.45, 2.75) is 26.2 Å². The van der Waals surface area contributed by atoms with Gasteiger partial charge in [-0.15, -0.1) is 5.10 Å². The van der Waals surface area contributed by atoms with Gasteiger partial charge in [0, 0.05) is 5.92 Å². The van der Waals surface area contributed by atoms with Gasteiger partial charge in [0.25, 0.3) is 0 Å². The van der Waals surface area contributed by atoms with Crippen LogP contribution in [0, 0.1) is 5.92 Å². The number of ether oxygens (including phenoxy) is 1. The average molecular weight is 238 g/mol. The molecule has 1 saturated heterocycles. The molecule has 6 nitrogen and oxygen atoms in total. The van der Waals surface area contributed by atoms with Crippen LogP contribution in [0.5, 0.6) is 0 Å². The van der Waals surface area contributed by atoms with Crippen molar-refractivity contribution in [3.8, 4) is 0 Å². The first-order valence-corrected chi connectivity index (χ1v) is 6.02. The summed E-state index contributed by atoms with van der Waals surface area (Å²) in [7, 11) is 0. The molecule has 94 valence electrons. The Hall–Kier alpha value is -1.43. The molecule has 0 bridgehead atoms. The number of nitrogens with zero attached hydrogens (tertiary/aromatic N) is 2. The van der Waals surface area contributed by atoms with Gasteiger partial charge in [-0.2, -0.15) is 10.3 Å². The maximum atomic E-state index is 11.7. The second-order valence-electron chi connectivity index (χ2n) is 4.35. The molecule has 2 heterocycles. The van der Waals surface area contributed by atoms with Gasteiger partial charge in [0.2, 0.25) is 0 Å². The monoisotopic (exact) mass is 238 g/mol. The van der Waals surface area contributed by atoms with Crippen molar-refractivity contribution in [2.24, 2.45) is 5.92 Å². The van der Waals surface area contributed by atoms with E-state index in [0.29, 0.717) is 18.2 Å². The normalized spacial score (nSPS) is 24.6. The van der Waals surface area contributed by atoms with Crippen molar-refractivity contribution in [1.29, 1.82) is 0 Å². The molecule has 2 rings (SSSR count). The standard InChI is InChI=1S/C11H18N4O2/c1-3-17-11(16)10-9(13-15-14-10)8-4-5-12-6-7(8)2/h7-8,12H,3-6H2,1-2H3,(H,13,14,15). The lowest BCUT2D eigenvalue weighted by Crippen LogP contribution is -2.34.